The van der Waals surface area contributed by atoms with E-state index in [1.165, 1.54) is 25.7 Å². The second-order valence-electron chi connectivity index (χ2n) is 3.86. The molecule has 0 amide bonds. The van der Waals surface area contributed by atoms with Crippen molar-refractivity contribution in [1.29, 1.82) is 0 Å². The van der Waals surface area contributed by atoms with Crippen LogP contribution in [0.4, 0.5) is 0 Å². The van der Waals surface area contributed by atoms with Crippen LogP contribution in [0.2, 0.25) is 0 Å². The van der Waals surface area contributed by atoms with Gasteiger partial charge in [-0.05, 0) is 19.8 Å². The number of unbranched alkanes of at least 4 members (excludes halogenated alkanes) is 3. The van der Waals surface area contributed by atoms with E-state index < -0.39 is 0 Å². The molecular weight excluding hydrogens is 162 g/mol. The molecule has 0 N–H and O–H groups in total. The molecule has 0 aliphatic heterocycles. The Bertz CT molecular complexity index is 173. The highest BCUT2D eigenvalue weighted by atomic mass is 16.1. The molecule has 0 aromatic carbocycles. The molecule has 2 heteroatoms. The summed E-state index contributed by atoms with van der Waals surface area (Å²) in [5.41, 5.74) is -0.157. The highest BCUT2D eigenvalue weighted by Gasteiger charge is 2.19. The molecule has 0 spiro atoms. The summed E-state index contributed by atoms with van der Waals surface area (Å²) in [6.45, 7) is 6.30. The lowest BCUT2D eigenvalue weighted by Crippen LogP contribution is -2.20. The molecule has 0 fully saturated rings. The van der Waals surface area contributed by atoms with Gasteiger partial charge in [-0.2, -0.15) is 4.99 Å². The van der Waals surface area contributed by atoms with Gasteiger partial charge in [-0.25, -0.2) is 4.79 Å². The molecule has 0 aromatic heterocycles. The second-order valence-corrected chi connectivity index (χ2v) is 3.86. The maximum atomic E-state index is 10.2. The maximum Gasteiger partial charge on any atom is 0.235 e. The van der Waals surface area contributed by atoms with Crippen LogP contribution in [-0.2, 0) is 4.79 Å². The molecule has 0 saturated heterocycles. The van der Waals surface area contributed by atoms with Crippen LogP contribution in [-0.4, -0.2) is 11.6 Å². The van der Waals surface area contributed by atoms with Crippen molar-refractivity contribution in [2.75, 3.05) is 0 Å². The third-order valence-corrected chi connectivity index (χ3v) is 2.65. The number of hydrogen-bond acceptors (Lipinski definition) is 2. The zero-order valence-electron chi connectivity index (χ0n) is 9.10. The molecule has 0 saturated carbocycles. The van der Waals surface area contributed by atoms with Gasteiger partial charge in [0.15, 0.2) is 0 Å². The van der Waals surface area contributed by atoms with Crippen molar-refractivity contribution in [3.05, 3.63) is 0 Å². The predicted octanol–water partition coefficient (Wildman–Crippen LogP) is 3.46. The predicted molar refractivity (Wildman–Crippen MR) is 55.6 cm³/mol. The Balaban J connectivity index is 3.77. The van der Waals surface area contributed by atoms with E-state index in [1.54, 1.807) is 6.08 Å². The minimum absolute atomic E-state index is 0.157. The van der Waals surface area contributed by atoms with E-state index in [9.17, 15) is 4.79 Å². The summed E-state index contributed by atoms with van der Waals surface area (Å²) < 4.78 is 0. The average Bonchev–Trinajstić information content (AvgIpc) is 2.13. The molecule has 2 nitrogen and oxygen atoms in total. The monoisotopic (exact) mass is 183 g/mol. The van der Waals surface area contributed by atoms with E-state index in [0.29, 0.717) is 0 Å². The maximum absolute atomic E-state index is 10.2. The first kappa shape index (κ1) is 12.4. The lowest BCUT2D eigenvalue weighted by molar-refractivity contribution is 0.396. The first-order chi connectivity index (χ1) is 6.18. The highest BCUT2D eigenvalue weighted by Crippen LogP contribution is 2.22. The molecule has 13 heavy (non-hydrogen) atoms. The van der Waals surface area contributed by atoms with Gasteiger partial charge >= 0.3 is 0 Å². The summed E-state index contributed by atoms with van der Waals surface area (Å²) >= 11 is 0. The van der Waals surface area contributed by atoms with Crippen molar-refractivity contribution in [2.45, 2.75) is 64.8 Å². The van der Waals surface area contributed by atoms with Gasteiger partial charge in [-0.15, -0.1) is 0 Å². The fraction of sp³-hybridized carbons (Fsp3) is 0.909. The van der Waals surface area contributed by atoms with Crippen LogP contribution in [0, 0.1) is 0 Å². The summed E-state index contributed by atoms with van der Waals surface area (Å²) in [5.74, 6) is 0. The number of rotatable bonds is 7. The van der Waals surface area contributed by atoms with Crippen molar-refractivity contribution in [2.24, 2.45) is 4.99 Å². The summed E-state index contributed by atoms with van der Waals surface area (Å²) in [4.78, 5) is 14.0. The fourth-order valence-electron chi connectivity index (χ4n) is 1.35. The molecule has 0 bridgehead atoms. The van der Waals surface area contributed by atoms with Gasteiger partial charge in [0, 0.05) is 0 Å². The Morgan fingerprint density at radius 1 is 1.23 bits per heavy atom. The molecule has 0 aliphatic carbocycles. The largest absolute Gasteiger partial charge is 0.235 e. The Kier molecular flexibility index (Phi) is 6.52. The fourth-order valence-corrected chi connectivity index (χ4v) is 1.35. The number of nitrogens with zero attached hydrogens (tertiary/aromatic N) is 1. The Labute approximate surface area is 81.4 Å². The molecule has 0 aliphatic rings. The Hall–Kier alpha value is -0.620. The molecular formula is C11H21NO. The molecule has 1 atom stereocenters. The van der Waals surface area contributed by atoms with Crippen LogP contribution < -0.4 is 0 Å². The third kappa shape index (κ3) is 5.59. The van der Waals surface area contributed by atoms with Crippen LogP contribution in [0.5, 0.6) is 0 Å². The van der Waals surface area contributed by atoms with Gasteiger partial charge in [0.2, 0.25) is 6.08 Å². The van der Waals surface area contributed by atoms with E-state index in [0.717, 1.165) is 12.8 Å². The van der Waals surface area contributed by atoms with E-state index in [-0.39, 0.29) is 5.54 Å². The Morgan fingerprint density at radius 2 is 1.92 bits per heavy atom. The van der Waals surface area contributed by atoms with Crippen LogP contribution in [0.25, 0.3) is 0 Å². The molecule has 0 heterocycles. The average molecular weight is 183 g/mol. The minimum atomic E-state index is -0.157. The third-order valence-electron chi connectivity index (χ3n) is 2.65. The lowest BCUT2D eigenvalue weighted by Gasteiger charge is -2.20. The second kappa shape index (κ2) is 6.85. The number of isocyanates is 1. The number of hydrogen-bond donors (Lipinski definition) is 0. The zero-order chi connectivity index (χ0) is 10.2. The van der Waals surface area contributed by atoms with Crippen molar-refractivity contribution >= 4 is 6.08 Å². The number of aliphatic imine (C=N–C) groups is 1. The van der Waals surface area contributed by atoms with Crippen LogP contribution >= 0.6 is 0 Å². The smallest absolute Gasteiger partial charge is 0.211 e. The molecule has 0 rings (SSSR count). The summed E-state index contributed by atoms with van der Waals surface area (Å²) in [7, 11) is 0. The molecule has 0 unspecified atom stereocenters. The molecule has 76 valence electrons. The van der Waals surface area contributed by atoms with Crippen molar-refractivity contribution < 1.29 is 4.79 Å². The molecule has 0 radical (unpaired) electrons. The van der Waals surface area contributed by atoms with E-state index >= 15 is 0 Å². The minimum Gasteiger partial charge on any atom is -0.211 e. The van der Waals surface area contributed by atoms with Gasteiger partial charge < -0.3 is 0 Å². The van der Waals surface area contributed by atoms with Gasteiger partial charge in [0.1, 0.15) is 0 Å². The van der Waals surface area contributed by atoms with Gasteiger partial charge in [-0.1, -0.05) is 39.5 Å². The van der Waals surface area contributed by atoms with Crippen LogP contribution in [0.1, 0.15) is 59.3 Å². The van der Waals surface area contributed by atoms with Gasteiger partial charge in [0.25, 0.3) is 0 Å². The number of carbonyl (C=O) groups excluding carboxylic acids is 1. The summed E-state index contributed by atoms with van der Waals surface area (Å²) in [6, 6.07) is 0. The van der Waals surface area contributed by atoms with E-state index in [2.05, 4.69) is 18.8 Å². The SMILES string of the molecule is CCCCCC[C@](C)(CC)N=C=O. The van der Waals surface area contributed by atoms with Crippen molar-refractivity contribution in [3.8, 4) is 0 Å². The first-order valence-electron chi connectivity index (χ1n) is 5.27. The summed E-state index contributed by atoms with van der Waals surface area (Å²) in [5, 5.41) is 0. The normalized spacial score (nSPS) is 14.7. The van der Waals surface area contributed by atoms with Crippen molar-refractivity contribution in [1.82, 2.24) is 0 Å². The topological polar surface area (TPSA) is 29.4 Å². The lowest BCUT2D eigenvalue weighted by atomic mass is 9.92. The van der Waals surface area contributed by atoms with Crippen LogP contribution in [0.3, 0.4) is 0 Å². The van der Waals surface area contributed by atoms with Crippen molar-refractivity contribution in [3.63, 3.8) is 0 Å². The Morgan fingerprint density at radius 3 is 2.38 bits per heavy atom. The van der Waals surface area contributed by atoms with E-state index in [4.69, 9.17) is 0 Å². The van der Waals surface area contributed by atoms with Gasteiger partial charge in [0.05, 0.1) is 5.54 Å². The van der Waals surface area contributed by atoms with Crippen LogP contribution in [0.15, 0.2) is 4.99 Å². The molecule has 0 aromatic rings. The van der Waals surface area contributed by atoms with E-state index in [1.807, 2.05) is 6.92 Å². The highest BCUT2D eigenvalue weighted by molar-refractivity contribution is 5.34. The zero-order valence-corrected chi connectivity index (χ0v) is 9.10. The first-order valence-corrected chi connectivity index (χ1v) is 5.27. The quantitative estimate of drug-likeness (QED) is 0.337. The summed E-state index contributed by atoms with van der Waals surface area (Å²) in [6.07, 6.45) is 8.57. The standard InChI is InChI=1S/C11H21NO/c1-4-6-7-8-9-11(3,5-2)12-10-13/h4-9H2,1-3H3/t11-/m0/s1. The van der Waals surface area contributed by atoms with Gasteiger partial charge in [-0.3, -0.25) is 0 Å².